The normalized spacial score (nSPS) is 24.4. The van der Waals surface area contributed by atoms with Crippen molar-refractivity contribution in [3.63, 3.8) is 0 Å². The summed E-state index contributed by atoms with van der Waals surface area (Å²) in [7, 11) is 1.58. The van der Waals surface area contributed by atoms with Gasteiger partial charge in [-0.05, 0) is 12.0 Å². The molecule has 4 heteroatoms. The first-order valence-electron chi connectivity index (χ1n) is 5.89. The van der Waals surface area contributed by atoms with Crippen LogP contribution in [0.4, 0.5) is 0 Å². The number of nitrogens with one attached hydrogen (secondary N) is 2. The maximum atomic E-state index is 11.6. The molecule has 1 aliphatic rings. The van der Waals surface area contributed by atoms with Crippen molar-refractivity contribution in [3.05, 3.63) is 35.9 Å². The lowest BCUT2D eigenvalue weighted by Crippen LogP contribution is -2.55. The van der Waals surface area contributed by atoms with E-state index in [9.17, 15) is 4.79 Å². The van der Waals surface area contributed by atoms with E-state index in [1.54, 1.807) is 7.11 Å². The van der Waals surface area contributed by atoms with E-state index in [-0.39, 0.29) is 18.1 Å². The van der Waals surface area contributed by atoms with Crippen LogP contribution >= 0.6 is 0 Å². The van der Waals surface area contributed by atoms with Gasteiger partial charge >= 0.3 is 0 Å². The largest absolute Gasteiger partial charge is 0.370 e. The second-order valence-electron chi connectivity index (χ2n) is 4.21. The number of benzene rings is 1. The summed E-state index contributed by atoms with van der Waals surface area (Å²) in [6, 6.07) is 10.2. The Hall–Kier alpha value is -1.39. The molecule has 1 fully saturated rings. The molecule has 2 atom stereocenters. The summed E-state index contributed by atoms with van der Waals surface area (Å²) in [4.78, 5) is 11.6. The fraction of sp³-hybridized carbons (Fsp3) is 0.462. The molecule has 1 aromatic rings. The van der Waals surface area contributed by atoms with Crippen LogP contribution in [0.25, 0.3) is 0 Å². The quantitative estimate of drug-likeness (QED) is 0.805. The summed E-state index contributed by atoms with van der Waals surface area (Å²) in [5.74, 6) is -0.0238. The minimum atomic E-state index is -0.382. The number of hydrogen-bond acceptors (Lipinski definition) is 3. The number of piperidine rings is 1. The van der Waals surface area contributed by atoms with Gasteiger partial charge in [0.15, 0.2) is 6.10 Å². The zero-order valence-electron chi connectivity index (χ0n) is 9.98. The average molecular weight is 234 g/mol. The van der Waals surface area contributed by atoms with Gasteiger partial charge in [-0.15, -0.1) is 0 Å². The maximum Gasteiger partial charge on any atom is 0.250 e. The molecule has 92 valence electrons. The van der Waals surface area contributed by atoms with Crippen LogP contribution in [-0.2, 0) is 16.1 Å². The van der Waals surface area contributed by atoms with Crippen molar-refractivity contribution >= 4 is 5.91 Å². The molecule has 0 unspecified atom stereocenters. The highest BCUT2D eigenvalue weighted by Crippen LogP contribution is 2.09. The second-order valence-corrected chi connectivity index (χ2v) is 4.21. The topological polar surface area (TPSA) is 50.4 Å². The van der Waals surface area contributed by atoms with E-state index in [2.05, 4.69) is 22.8 Å². The fourth-order valence-corrected chi connectivity index (χ4v) is 2.11. The van der Waals surface area contributed by atoms with E-state index < -0.39 is 0 Å². The standard InChI is InChI=1S/C13H18N2O2/c1-17-12-11(7-8-14-13(12)16)15-9-10-5-3-2-4-6-10/h2-6,11-12,15H,7-9H2,1H3,(H,14,16)/t11-,12-/m1/s1. The molecule has 1 amide bonds. The van der Waals surface area contributed by atoms with Gasteiger partial charge in [0, 0.05) is 26.2 Å². The SMILES string of the molecule is CO[C@H]1C(=O)NCC[C@H]1NCc1ccccc1. The van der Waals surface area contributed by atoms with Crippen LogP contribution in [0.2, 0.25) is 0 Å². The highest BCUT2D eigenvalue weighted by Gasteiger charge is 2.31. The first-order valence-corrected chi connectivity index (χ1v) is 5.89. The van der Waals surface area contributed by atoms with Crippen molar-refractivity contribution < 1.29 is 9.53 Å². The zero-order chi connectivity index (χ0) is 12.1. The van der Waals surface area contributed by atoms with Crippen LogP contribution in [0.15, 0.2) is 30.3 Å². The van der Waals surface area contributed by atoms with Gasteiger partial charge in [-0.2, -0.15) is 0 Å². The minimum Gasteiger partial charge on any atom is -0.370 e. The van der Waals surface area contributed by atoms with Crippen molar-refractivity contribution in [3.8, 4) is 0 Å². The van der Waals surface area contributed by atoms with E-state index >= 15 is 0 Å². The Morgan fingerprint density at radius 2 is 2.18 bits per heavy atom. The summed E-state index contributed by atoms with van der Waals surface area (Å²) >= 11 is 0. The Kier molecular flexibility index (Phi) is 4.12. The van der Waals surface area contributed by atoms with Crippen LogP contribution < -0.4 is 10.6 Å². The van der Waals surface area contributed by atoms with E-state index in [1.807, 2.05) is 18.2 Å². The molecular formula is C13H18N2O2. The Balaban J connectivity index is 1.91. The Bertz CT molecular complexity index is 367. The fourth-order valence-electron chi connectivity index (χ4n) is 2.11. The van der Waals surface area contributed by atoms with Crippen LogP contribution in [0.1, 0.15) is 12.0 Å². The highest BCUT2D eigenvalue weighted by molar-refractivity contribution is 5.82. The Morgan fingerprint density at radius 3 is 2.88 bits per heavy atom. The molecule has 1 aromatic carbocycles. The van der Waals surface area contributed by atoms with Crippen LogP contribution in [0.5, 0.6) is 0 Å². The predicted octanol–water partition coefficient (Wildman–Crippen LogP) is 0.680. The number of rotatable bonds is 4. The number of carbonyl (C=O) groups excluding carboxylic acids is 1. The van der Waals surface area contributed by atoms with Gasteiger partial charge < -0.3 is 15.4 Å². The molecule has 0 radical (unpaired) electrons. The third kappa shape index (κ3) is 3.05. The molecule has 0 aromatic heterocycles. The van der Waals surface area contributed by atoms with E-state index in [4.69, 9.17) is 4.74 Å². The smallest absolute Gasteiger partial charge is 0.250 e. The molecular weight excluding hydrogens is 216 g/mol. The molecule has 1 saturated heterocycles. The lowest BCUT2D eigenvalue weighted by molar-refractivity contribution is -0.135. The summed E-state index contributed by atoms with van der Waals surface area (Å²) in [6.07, 6.45) is 0.518. The van der Waals surface area contributed by atoms with Crippen LogP contribution in [-0.4, -0.2) is 31.7 Å². The van der Waals surface area contributed by atoms with Crippen molar-refractivity contribution in [1.82, 2.24) is 10.6 Å². The van der Waals surface area contributed by atoms with Crippen molar-refractivity contribution in [1.29, 1.82) is 0 Å². The molecule has 2 N–H and O–H groups in total. The molecule has 2 rings (SSSR count). The summed E-state index contributed by atoms with van der Waals surface area (Å²) in [5.41, 5.74) is 1.22. The maximum absolute atomic E-state index is 11.6. The van der Waals surface area contributed by atoms with E-state index in [0.29, 0.717) is 6.54 Å². The lowest BCUT2D eigenvalue weighted by Gasteiger charge is -2.30. The average Bonchev–Trinajstić information content (AvgIpc) is 2.37. The van der Waals surface area contributed by atoms with Gasteiger partial charge in [-0.1, -0.05) is 30.3 Å². The number of methoxy groups -OCH3 is 1. The highest BCUT2D eigenvalue weighted by atomic mass is 16.5. The number of amides is 1. The molecule has 1 heterocycles. The first kappa shape index (κ1) is 12.1. The number of carbonyl (C=O) groups is 1. The second kappa shape index (κ2) is 5.80. The minimum absolute atomic E-state index is 0.0238. The molecule has 0 saturated carbocycles. The van der Waals surface area contributed by atoms with Crippen LogP contribution in [0, 0.1) is 0 Å². The van der Waals surface area contributed by atoms with Gasteiger partial charge in [0.1, 0.15) is 0 Å². The molecule has 0 aliphatic carbocycles. The molecule has 4 nitrogen and oxygen atoms in total. The van der Waals surface area contributed by atoms with Crippen LogP contribution in [0.3, 0.4) is 0 Å². The van der Waals surface area contributed by atoms with Gasteiger partial charge in [0.2, 0.25) is 0 Å². The number of hydrogen-bond donors (Lipinski definition) is 2. The molecule has 0 bridgehead atoms. The summed E-state index contributed by atoms with van der Waals surface area (Å²) in [5, 5.41) is 6.19. The van der Waals surface area contributed by atoms with Gasteiger partial charge in [0.05, 0.1) is 0 Å². The van der Waals surface area contributed by atoms with E-state index in [1.165, 1.54) is 5.56 Å². The first-order chi connectivity index (χ1) is 8.31. The Morgan fingerprint density at radius 1 is 1.41 bits per heavy atom. The number of ether oxygens (including phenoxy) is 1. The summed E-state index contributed by atoms with van der Waals surface area (Å²) in [6.45, 7) is 1.48. The third-order valence-electron chi connectivity index (χ3n) is 3.04. The lowest BCUT2D eigenvalue weighted by atomic mass is 10.0. The molecule has 1 aliphatic heterocycles. The monoisotopic (exact) mass is 234 g/mol. The van der Waals surface area contributed by atoms with Crippen molar-refractivity contribution in [2.75, 3.05) is 13.7 Å². The van der Waals surface area contributed by atoms with Gasteiger partial charge in [-0.3, -0.25) is 4.79 Å². The van der Waals surface area contributed by atoms with E-state index in [0.717, 1.165) is 13.0 Å². The van der Waals surface area contributed by atoms with Crippen molar-refractivity contribution in [2.24, 2.45) is 0 Å². The molecule has 17 heavy (non-hydrogen) atoms. The zero-order valence-corrected chi connectivity index (χ0v) is 9.98. The van der Waals surface area contributed by atoms with Gasteiger partial charge in [-0.25, -0.2) is 0 Å². The van der Waals surface area contributed by atoms with Gasteiger partial charge in [0.25, 0.3) is 5.91 Å². The predicted molar refractivity (Wildman–Crippen MR) is 65.5 cm³/mol. The third-order valence-corrected chi connectivity index (χ3v) is 3.04. The Labute approximate surface area is 101 Å². The molecule has 0 spiro atoms. The van der Waals surface area contributed by atoms with Crippen molar-refractivity contribution in [2.45, 2.75) is 25.1 Å². The summed E-state index contributed by atoms with van der Waals surface area (Å²) < 4.78 is 5.23.